The van der Waals surface area contributed by atoms with Crippen molar-refractivity contribution < 1.29 is 13.2 Å². The number of fused-ring (bicyclic) bond motifs is 1. The molecule has 0 aliphatic heterocycles. The first-order chi connectivity index (χ1) is 11.5. The molecule has 3 nitrogen and oxygen atoms in total. The van der Waals surface area contributed by atoms with Gasteiger partial charge in [-0.3, -0.25) is 0 Å². The maximum absolute atomic E-state index is 11.4. The predicted molar refractivity (Wildman–Crippen MR) is 106 cm³/mol. The Morgan fingerprint density at radius 3 is 2.25 bits per heavy atom. The molecule has 0 N–H and O–H groups in total. The largest absolute Gasteiger partial charge is 0.496 e. The number of hydrogen-bond donors (Lipinski definition) is 0. The summed E-state index contributed by atoms with van der Waals surface area (Å²) >= 11 is 0. The van der Waals surface area contributed by atoms with Gasteiger partial charge in [0.05, 0.1) is 7.11 Å². The SMILES string of the molecule is CC=C(SSCc1ccccc1OC)S(C)(=O)=O.c1cc2cc-2c1. The number of ether oxygens (including phenoxy) is 1. The molecule has 0 saturated carbocycles. The number of sulfone groups is 1. The van der Waals surface area contributed by atoms with E-state index in [4.69, 9.17) is 4.74 Å². The number of methoxy groups -OCH3 is 1. The van der Waals surface area contributed by atoms with E-state index in [-0.39, 0.29) is 0 Å². The van der Waals surface area contributed by atoms with Crippen LogP contribution in [0.1, 0.15) is 12.5 Å². The third-order valence-electron chi connectivity index (χ3n) is 3.26. The zero-order valence-corrected chi connectivity index (χ0v) is 16.3. The minimum Gasteiger partial charge on any atom is -0.496 e. The van der Waals surface area contributed by atoms with Crippen LogP contribution in [0.2, 0.25) is 0 Å². The second kappa shape index (κ2) is 8.65. The average molecular weight is 381 g/mol. The smallest absolute Gasteiger partial charge is 0.181 e. The van der Waals surface area contributed by atoms with Gasteiger partial charge in [-0.1, -0.05) is 53.3 Å². The van der Waals surface area contributed by atoms with Crippen LogP contribution >= 0.6 is 21.6 Å². The highest BCUT2D eigenvalue weighted by Gasteiger charge is 2.12. The summed E-state index contributed by atoms with van der Waals surface area (Å²) < 4.78 is 28.4. The quantitative estimate of drug-likeness (QED) is 0.553. The number of hydrogen-bond acceptors (Lipinski definition) is 5. The summed E-state index contributed by atoms with van der Waals surface area (Å²) in [6, 6.07) is 16.2. The normalized spacial score (nSPS) is 12.2. The summed E-state index contributed by atoms with van der Waals surface area (Å²) in [5, 5.41) is 0. The summed E-state index contributed by atoms with van der Waals surface area (Å²) in [6.07, 6.45) is 2.84. The van der Waals surface area contributed by atoms with E-state index >= 15 is 0 Å². The molecule has 0 unspecified atom stereocenters. The molecular weight excluding hydrogens is 360 g/mol. The van der Waals surface area contributed by atoms with Gasteiger partial charge in [0.25, 0.3) is 0 Å². The van der Waals surface area contributed by atoms with Gasteiger partial charge in [-0.15, -0.1) is 0 Å². The Hall–Kier alpha value is -1.37. The van der Waals surface area contributed by atoms with Gasteiger partial charge in [0, 0.05) is 17.6 Å². The fourth-order valence-electron chi connectivity index (χ4n) is 1.97. The van der Waals surface area contributed by atoms with Crippen molar-refractivity contribution in [2.45, 2.75) is 12.7 Å². The van der Waals surface area contributed by atoms with Gasteiger partial charge in [0.15, 0.2) is 9.84 Å². The first-order valence-corrected chi connectivity index (χ1v) is 11.5. The van der Waals surface area contributed by atoms with Crippen LogP contribution < -0.4 is 4.74 Å². The number of rotatable bonds is 6. The van der Waals surface area contributed by atoms with Crippen LogP contribution in [0.4, 0.5) is 0 Å². The Bertz CT molecular complexity index is 810. The first-order valence-electron chi connectivity index (χ1n) is 7.34. The van der Waals surface area contributed by atoms with E-state index in [9.17, 15) is 8.42 Å². The van der Waals surface area contributed by atoms with Gasteiger partial charge in [-0.25, -0.2) is 8.42 Å². The van der Waals surface area contributed by atoms with E-state index in [0.29, 0.717) is 9.99 Å². The molecular formula is C18H20O3S3. The predicted octanol–water partition coefficient (Wildman–Crippen LogP) is 5.15. The molecule has 0 aromatic heterocycles. The summed E-state index contributed by atoms with van der Waals surface area (Å²) in [5.41, 5.74) is 3.91. The zero-order valence-electron chi connectivity index (χ0n) is 13.9. The summed E-state index contributed by atoms with van der Waals surface area (Å²) in [4.78, 5) is 0. The van der Waals surface area contributed by atoms with Crippen molar-refractivity contribution in [2.75, 3.05) is 13.4 Å². The Morgan fingerprint density at radius 1 is 1.12 bits per heavy atom. The van der Waals surface area contributed by atoms with Gasteiger partial charge in [0.2, 0.25) is 0 Å². The van der Waals surface area contributed by atoms with E-state index in [0.717, 1.165) is 11.3 Å². The first kappa shape index (κ1) is 19.0. The monoisotopic (exact) mass is 380 g/mol. The maximum Gasteiger partial charge on any atom is 0.181 e. The molecule has 0 spiro atoms. The van der Waals surface area contributed by atoms with Crippen LogP contribution in [-0.4, -0.2) is 21.8 Å². The van der Waals surface area contributed by atoms with Crippen LogP contribution in [0.5, 0.6) is 5.75 Å². The van der Waals surface area contributed by atoms with E-state index in [1.807, 2.05) is 24.3 Å². The lowest BCUT2D eigenvalue weighted by atomic mass is 10.2. The van der Waals surface area contributed by atoms with Gasteiger partial charge in [0.1, 0.15) is 9.99 Å². The maximum atomic E-state index is 11.4. The number of benzene rings is 2. The highest BCUT2D eigenvalue weighted by Crippen LogP contribution is 2.37. The van der Waals surface area contributed by atoms with Gasteiger partial charge in [-0.05, 0) is 41.0 Å². The fourth-order valence-corrected chi connectivity index (χ4v) is 6.27. The van der Waals surface area contributed by atoms with Crippen molar-refractivity contribution in [3.63, 3.8) is 0 Å². The van der Waals surface area contributed by atoms with Crippen molar-refractivity contribution in [3.05, 3.63) is 64.4 Å². The summed E-state index contributed by atoms with van der Waals surface area (Å²) in [7, 11) is 1.28. The topological polar surface area (TPSA) is 43.4 Å². The van der Waals surface area contributed by atoms with Crippen LogP contribution in [0, 0.1) is 0 Å². The lowest BCUT2D eigenvalue weighted by Crippen LogP contribution is -1.96. The van der Waals surface area contributed by atoms with E-state index in [1.54, 1.807) is 20.1 Å². The lowest BCUT2D eigenvalue weighted by Gasteiger charge is -2.08. The Labute approximate surface area is 151 Å². The third kappa shape index (κ3) is 5.61. The third-order valence-corrected chi connectivity index (χ3v) is 7.90. The van der Waals surface area contributed by atoms with Crippen LogP contribution in [0.15, 0.2) is 58.8 Å². The number of allylic oxidation sites excluding steroid dienone is 1. The van der Waals surface area contributed by atoms with Gasteiger partial charge < -0.3 is 4.74 Å². The highest BCUT2D eigenvalue weighted by molar-refractivity contribution is 8.79. The molecule has 0 radical (unpaired) electrons. The molecule has 128 valence electrons. The molecule has 0 bridgehead atoms. The molecule has 24 heavy (non-hydrogen) atoms. The van der Waals surface area contributed by atoms with Crippen molar-refractivity contribution >= 4 is 31.4 Å². The van der Waals surface area contributed by atoms with Crippen molar-refractivity contribution in [1.82, 2.24) is 0 Å². The summed E-state index contributed by atoms with van der Waals surface area (Å²) in [5.74, 6) is 1.52. The Kier molecular flexibility index (Phi) is 6.83. The second-order valence-electron chi connectivity index (χ2n) is 5.12. The molecule has 0 amide bonds. The van der Waals surface area contributed by atoms with Crippen molar-refractivity contribution in [3.8, 4) is 16.9 Å². The van der Waals surface area contributed by atoms with E-state index in [2.05, 4.69) is 24.3 Å². The summed E-state index contributed by atoms with van der Waals surface area (Å²) in [6.45, 7) is 1.73. The second-order valence-corrected chi connectivity index (χ2v) is 9.70. The van der Waals surface area contributed by atoms with Crippen molar-refractivity contribution in [1.29, 1.82) is 0 Å². The van der Waals surface area contributed by atoms with Crippen LogP contribution in [0.25, 0.3) is 11.1 Å². The van der Waals surface area contributed by atoms with E-state index < -0.39 is 9.84 Å². The van der Waals surface area contributed by atoms with Gasteiger partial charge >= 0.3 is 0 Å². The minimum atomic E-state index is -3.11. The molecule has 1 aromatic carbocycles. The van der Waals surface area contributed by atoms with Crippen LogP contribution in [0.3, 0.4) is 0 Å². The molecule has 0 heterocycles. The fraction of sp³-hybridized carbons (Fsp3) is 0.222. The minimum absolute atomic E-state index is 0.391. The highest BCUT2D eigenvalue weighted by atomic mass is 33.1. The molecule has 2 aliphatic carbocycles. The van der Waals surface area contributed by atoms with Gasteiger partial charge in [-0.2, -0.15) is 0 Å². The molecule has 6 heteroatoms. The van der Waals surface area contributed by atoms with Crippen LogP contribution in [-0.2, 0) is 15.6 Å². The molecule has 0 atom stereocenters. The van der Waals surface area contributed by atoms with Crippen molar-refractivity contribution in [2.24, 2.45) is 0 Å². The molecule has 3 rings (SSSR count). The number of para-hydroxylation sites is 1. The average Bonchev–Trinajstić information content (AvgIpc) is 3.16. The lowest BCUT2D eigenvalue weighted by molar-refractivity contribution is 0.411. The molecule has 0 fully saturated rings. The zero-order chi connectivity index (χ0) is 17.6. The molecule has 1 aromatic rings. The Balaban J connectivity index is 0.000000282. The standard InChI is InChI=1S/C12H16O3S3.C6H4/c1-4-12(18(3,13)14)17-16-9-10-7-5-6-8-11(10)15-2;1-2-5-4-6(5)3-1/h4-8H,9H2,1-3H3;1-4H. The Morgan fingerprint density at radius 2 is 1.79 bits per heavy atom. The molecule has 2 aliphatic rings. The molecule has 0 saturated heterocycles. The van der Waals surface area contributed by atoms with E-state index in [1.165, 1.54) is 39.0 Å².